The summed E-state index contributed by atoms with van der Waals surface area (Å²) in [5.74, 6) is 1.58. The largest absolute Gasteiger partial charge is 0.253 e. The molecule has 0 atom stereocenters. The van der Waals surface area contributed by atoms with Gasteiger partial charge in [0, 0.05) is 18.0 Å². The summed E-state index contributed by atoms with van der Waals surface area (Å²) in [6, 6.07) is 52.7. The Balaban J connectivity index is 1.21. The highest BCUT2D eigenvalue weighted by atomic mass is 15.1. The smallest absolute Gasteiger partial charge is 0.182 e. The Labute approximate surface area is 277 Å². The third-order valence-corrected chi connectivity index (χ3v) is 8.84. The molecule has 9 aromatic rings. The maximum absolute atomic E-state index is 4.85. The molecule has 0 spiro atoms. The highest BCUT2D eigenvalue weighted by molar-refractivity contribution is 6.23. The number of aromatic nitrogens is 5. The van der Waals surface area contributed by atoms with Crippen LogP contribution in [0.4, 0.5) is 0 Å². The highest BCUT2D eigenvalue weighted by Gasteiger charge is 2.16. The second-order valence-corrected chi connectivity index (χ2v) is 11.7. The molecule has 0 bridgehead atoms. The first-order valence-corrected chi connectivity index (χ1v) is 15.9. The number of nitrogens with zero attached hydrogens (tertiary/aromatic N) is 5. The zero-order valence-electron chi connectivity index (χ0n) is 25.8. The van der Waals surface area contributed by atoms with E-state index in [1.807, 2.05) is 36.4 Å². The molecule has 3 aromatic heterocycles. The molecule has 0 N–H and O–H groups in total. The maximum Gasteiger partial charge on any atom is 0.182 e. The van der Waals surface area contributed by atoms with Gasteiger partial charge in [0.05, 0.1) is 0 Å². The van der Waals surface area contributed by atoms with Crippen molar-refractivity contribution in [2.24, 2.45) is 0 Å². The zero-order chi connectivity index (χ0) is 31.9. The lowest BCUT2D eigenvalue weighted by molar-refractivity contribution is 1.05. The van der Waals surface area contributed by atoms with E-state index in [2.05, 4.69) is 125 Å². The average molecular weight is 614 g/mol. The molecule has 0 aliphatic rings. The fourth-order valence-electron chi connectivity index (χ4n) is 6.57. The highest BCUT2D eigenvalue weighted by Crippen LogP contribution is 2.42. The molecule has 3 heterocycles. The number of benzene rings is 6. The quantitative estimate of drug-likeness (QED) is 0.181. The second-order valence-electron chi connectivity index (χ2n) is 11.7. The fraction of sp³-hybridized carbons (Fsp3) is 0. The minimum atomic E-state index is 0.507. The zero-order valence-corrected chi connectivity index (χ0v) is 25.8. The molecule has 224 valence electrons. The lowest BCUT2D eigenvalue weighted by Crippen LogP contribution is -2.01. The Bertz CT molecular complexity index is 2530. The monoisotopic (exact) mass is 613 g/mol. The summed E-state index contributed by atoms with van der Waals surface area (Å²) in [6.07, 6.45) is 3.49. The molecule has 9 rings (SSSR count). The Hall–Kier alpha value is -6.59. The standard InChI is InChI=1S/C43H27N5/c1-2-12-28(13-3-1)35-26-37-34-17-7-5-15-32(34)36(27-38(37)33-16-6-4-14-31(33)35)29-20-22-30(23-21-29)41-46-42(39-18-8-10-24-44-39)48-43(47-41)40-19-9-11-25-45-40/h1-27H. The van der Waals surface area contributed by atoms with Crippen LogP contribution in [-0.4, -0.2) is 24.9 Å². The van der Waals surface area contributed by atoms with E-state index in [1.165, 1.54) is 49.0 Å². The first-order valence-electron chi connectivity index (χ1n) is 15.9. The van der Waals surface area contributed by atoms with Gasteiger partial charge in [-0.05, 0) is 91.0 Å². The van der Waals surface area contributed by atoms with Crippen LogP contribution < -0.4 is 0 Å². The van der Waals surface area contributed by atoms with Gasteiger partial charge < -0.3 is 0 Å². The van der Waals surface area contributed by atoms with Crippen LogP contribution in [-0.2, 0) is 0 Å². The normalized spacial score (nSPS) is 11.3. The summed E-state index contributed by atoms with van der Waals surface area (Å²) >= 11 is 0. The summed E-state index contributed by atoms with van der Waals surface area (Å²) in [6.45, 7) is 0. The van der Waals surface area contributed by atoms with Crippen LogP contribution in [0.2, 0.25) is 0 Å². The van der Waals surface area contributed by atoms with E-state index in [0.29, 0.717) is 28.9 Å². The van der Waals surface area contributed by atoms with Crippen LogP contribution in [0.5, 0.6) is 0 Å². The lowest BCUT2D eigenvalue weighted by atomic mass is 9.87. The number of fused-ring (bicyclic) bond motifs is 5. The van der Waals surface area contributed by atoms with Crippen LogP contribution in [0.15, 0.2) is 164 Å². The molecular formula is C43H27N5. The molecule has 0 fully saturated rings. The molecule has 0 saturated heterocycles. The number of hydrogen-bond acceptors (Lipinski definition) is 5. The van der Waals surface area contributed by atoms with Gasteiger partial charge in [0.2, 0.25) is 0 Å². The molecule has 0 radical (unpaired) electrons. The first kappa shape index (κ1) is 27.7. The van der Waals surface area contributed by atoms with Crippen molar-refractivity contribution in [3.8, 4) is 56.7 Å². The molecule has 6 aromatic carbocycles. The first-order chi connectivity index (χ1) is 23.8. The third kappa shape index (κ3) is 4.86. The van der Waals surface area contributed by atoms with Gasteiger partial charge in [-0.3, -0.25) is 9.97 Å². The van der Waals surface area contributed by atoms with Crippen LogP contribution in [0.1, 0.15) is 0 Å². The Morgan fingerprint density at radius 2 is 0.708 bits per heavy atom. The van der Waals surface area contributed by atoms with Crippen molar-refractivity contribution in [2.45, 2.75) is 0 Å². The van der Waals surface area contributed by atoms with Gasteiger partial charge in [-0.15, -0.1) is 0 Å². The predicted octanol–water partition coefficient (Wildman–Crippen LogP) is 10.5. The van der Waals surface area contributed by atoms with Crippen LogP contribution >= 0.6 is 0 Å². The van der Waals surface area contributed by atoms with Crippen LogP contribution in [0.25, 0.3) is 89.0 Å². The lowest BCUT2D eigenvalue weighted by Gasteiger charge is -2.16. The van der Waals surface area contributed by atoms with Crippen molar-refractivity contribution in [3.63, 3.8) is 0 Å². The van der Waals surface area contributed by atoms with Gasteiger partial charge in [-0.2, -0.15) is 0 Å². The summed E-state index contributed by atoms with van der Waals surface area (Å²) in [4.78, 5) is 23.4. The van der Waals surface area contributed by atoms with Gasteiger partial charge in [0.1, 0.15) is 11.4 Å². The maximum atomic E-state index is 4.85. The molecule has 0 saturated carbocycles. The molecular weight excluding hydrogens is 587 g/mol. The minimum absolute atomic E-state index is 0.507. The van der Waals surface area contributed by atoms with Crippen molar-refractivity contribution in [2.75, 3.05) is 0 Å². The van der Waals surface area contributed by atoms with Crippen molar-refractivity contribution in [1.82, 2.24) is 24.9 Å². The van der Waals surface area contributed by atoms with E-state index < -0.39 is 0 Å². The van der Waals surface area contributed by atoms with Crippen molar-refractivity contribution >= 4 is 32.3 Å². The van der Waals surface area contributed by atoms with Gasteiger partial charge in [0.15, 0.2) is 17.5 Å². The molecule has 0 unspecified atom stereocenters. The third-order valence-electron chi connectivity index (χ3n) is 8.84. The Kier molecular flexibility index (Phi) is 6.72. The number of pyridine rings is 2. The van der Waals surface area contributed by atoms with E-state index in [-0.39, 0.29) is 0 Å². The SMILES string of the molecule is c1ccc(-c2cc3c4ccccc4c(-c4ccc(-c5nc(-c6ccccn6)nc(-c6ccccn6)n5)cc4)cc3c3ccccc23)cc1. The van der Waals surface area contributed by atoms with E-state index >= 15 is 0 Å². The van der Waals surface area contributed by atoms with Crippen molar-refractivity contribution < 1.29 is 0 Å². The van der Waals surface area contributed by atoms with Crippen LogP contribution in [0.3, 0.4) is 0 Å². The fourth-order valence-corrected chi connectivity index (χ4v) is 6.57. The Morgan fingerprint density at radius 1 is 0.292 bits per heavy atom. The summed E-state index contributed by atoms with van der Waals surface area (Å²) < 4.78 is 0. The van der Waals surface area contributed by atoms with Gasteiger partial charge >= 0.3 is 0 Å². The van der Waals surface area contributed by atoms with E-state index in [1.54, 1.807) is 12.4 Å². The topological polar surface area (TPSA) is 64.5 Å². The summed E-state index contributed by atoms with van der Waals surface area (Å²) in [7, 11) is 0. The van der Waals surface area contributed by atoms with Crippen LogP contribution in [0, 0.1) is 0 Å². The molecule has 0 aliphatic heterocycles. The number of rotatable bonds is 5. The molecule has 0 aliphatic carbocycles. The minimum Gasteiger partial charge on any atom is -0.253 e. The average Bonchev–Trinajstić information content (AvgIpc) is 3.18. The van der Waals surface area contributed by atoms with Gasteiger partial charge in [-0.25, -0.2) is 15.0 Å². The van der Waals surface area contributed by atoms with E-state index in [0.717, 1.165) is 11.1 Å². The summed E-state index contributed by atoms with van der Waals surface area (Å²) in [5, 5.41) is 7.41. The van der Waals surface area contributed by atoms with E-state index in [9.17, 15) is 0 Å². The molecule has 48 heavy (non-hydrogen) atoms. The predicted molar refractivity (Wildman–Crippen MR) is 195 cm³/mol. The van der Waals surface area contributed by atoms with Gasteiger partial charge in [0.25, 0.3) is 0 Å². The Morgan fingerprint density at radius 3 is 1.21 bits per heavy atom. The van der Waals surface area contributed by atoms with E-state index in [4.69, 9.17) is 15.0 Å². The molecule has 5 heteroatoms. The number of hydrogen-bond donors (Lipinski definition) is 0. The molecule has 0 amide bonds. The van der Waals surface area contributed by atoms with Crippen molar-refractivity contribution in [1.29, 1.82) is 0 Å². The van der Waals surface area contributed by atoms with Gasteiger partial charge in [-0.1, -0.05) is 115 Å². The molecule has 5 nitrogen and oxygen atoms in total. The summed E-state index contributed by atoms with van der Waals surface area (Å²) in [5.41, 5.74) is 7.01. The van der Waals surface area contributed by atoms with Crippen molar-refractivity contribution in [3.05, 3.63) is 164 Å². The second kappa shape index (κ2) is 11.6.